The first-order chi connectivity index (χ1) is 16.7. The second-order valence-corrected chi connectivity index (χ2v) is 11.5. The number of carbonyl (C=O) groups is 2. The number of aromatic nitrogens is 2. The minimum atomic E-state index is -4.62. The largest absolute Gasteiger partial charge is 0.419 e. The minimum Gasteiger partial charge on any atom is -0.333 e. The molecule has 0 aromatic carbocycles. The highest BCUT2D eigenvalue weighted by atomic mass is 35.5. The molecular formula is C25H26ClF3N4O2. The van der Waals surface area contributed by atoms with Gasteiger partial charge >= 0.3 is 6.18 Å². The minimum absolute atomic E-state index is 0.0364. The summed E-state index contributed by atoms with van der Waals surface area (Å²) in [7, 11) is 0. The van der Waals surface area contributed by atoms with Gasteiger partial charge in [0.2, 0.25) is 5.91 Å². The zero-order chi connectivity index (χ0) is 24.2. The van der Waals surface area contributed by atoms with E-state index in [0.29, 0.717) is 18.0 Å². The van der Waals surface area contributed by atoms with E-state index in [-0.39, 0.29) is 46.9 Å². The lowest BCUT2D eigenvalue weighted by molar-refractivity contribution is -0.142. The van der Waals surface area contributed by atoms with Crippen LogP contribution in [-0.2, 0) is 11.0 Å². The molecule has 186 valence electrons. The average molecular weight is 507 g/mol. The number of carbonyl (C=O) groups excluding carboxylic acids is 2. The van der Waals surface area contributed by atoms with Gasteiger partial charge in [0, 0.05) is 18.8 Å². The molecule has 4 saturated carbocycles. The van der Waals surface area contributed by atoms with Crippen LogP contribution in [0.2, 0.25) is 5.15 Å². The molecule has 2 aromatic heterocycles. The first-order valence-electron chi connectivity index (χ1n) is 12.6. The van der Waals surface area contributed by atoms with E-state index in [2.05, 4.69) is 4.98 Å². The number of hydrogen-bond donors (Lipinski definition) is 0. The molecule has 3 atom stereocenters. The Morgan fingerprint density at radius 3 is 2.40 bits per heavy atom. The summed E-state index contributed by atoms with van der Waals surface area (Å²) in [4.78, 5) is 34.4. The van der Waals surface area contributed by atoms with E-state index < -0.39 is 17.6 Å². The van der Waals surface area contributed by atoms with Crippen LogP contribution in [0.3, 0.4) is 0 Å². The van der Waals surface area contributed by atoms with Crippen molar-refractivity contribution in [1.82, 2.24) is 19.2 Å². The van der Waals surface area contributed by atoms with Crippen LogP contribution >= 0.6 is 11.6 Å². The maximum atomic E-state index is 13.9. The normalized spacial score (nSPS) is 30.8. The molecule has 6 nitrogen and oxygen atoms in total. The highest BCUT2D eigenvalue weighted by Crippen LogP contribution is 2.54. The van der Waals surface area contributed by atoms with Crippen LogP contribution in [0.25, 0.3) is 5.65 Å². The molecule has 1 saturated heterocycles. The number of nitrogens with zero attached hydrogens (tertiary/aromatic N) is 4. The van der Waals surface area contributed by atoms with E-state index in [0.717, 1.165) is 56.4 Å². The van der Waals surface area contributed by atoms with Gasteiger partial charge < -0.3 is 9.80 Å². The Labute approximate surface area is 205 Å². The van der Waals surface area contributed by atoms with Gasteiger partial charge in [-0.1, -0.05) is 11.6 Å². The summed E-state index contributed by atoms with van der Waals surface area (Å²) in [6, 6.07) is 1.34. The Kier molecular flexibility index (Phi) is 4.62. The molecular weight excluding hydrogens is 481 g/mol. The Morgan fingerprint density at radius 1 is 1.06 bits per heavy atom. The number of alkyl halides is 3. The Hall–Kier alpha value is -2.29. The third kappa shape index (κ3) is 3.64. The molecule has 5 aliphatic rings. The third-order valence-corrected chi connectivity index (χ3v) is 9.05. The van der Waals surface area contributed by atoms with Gasteiger partial charge in [0.15, 0.2) is 11.3 Å². The predicted molar refractivity (Wildman–Crippen MR) is 121 cm³/mol. The monoisotopic (exact) mass is 506 g/mol. The number of pyridine rings is 1. The molecule has 7 rings (SSSR count). The molecule has 4 aliphatic carbocycles. The summed E-state index contributed by atoms with van der Waals surface area (Å²) in [5.41, 5.74) is -0.929. The van der Waals surface area contributed by atoms with Crippen molar-refractivity contribution in [2.75, 3.05) is 13.1 Å². The van der Waals surface area contributed by atoms with Gasteiger partial charge in [0.1, 0.15) is 11.7 Å². The topological polar surface area (TPSA) is 57.9 Å². The zero-order valence-electron chi connectivity index (χ0n) is 19.1. The quantitative estimate of drug-likeness (QED) is 0.601. The van der Waals surface area contributed by atoms with Crippen LogP contribution in [0.5, 0.6) is 0 Å². The smallest absolute Gasteiger partial charge is 0.333 e. The van der Waals surface area contributed by atoms with Crippen molar-refractivity contribution < 1.29 is 22.8 Å². The van der Waals surface area contributed by atoms with Crippen molar-refractivity contribution in [1.29, 1.82) is 0 Å². The van der Waals surface area contributed by atoms with Crippen molar-refractivity contribution >= 4 is 29.1 Å². The van der Waals surface area contributed by atoms with Gasteiger partial charge in [0.05, 0.1) is 11.6 Å². The van der Waals surface area contributed by atoms with Crippen molar-refractivity contribution in [3.05, 3.63) is 34.2 Å². The molecule has 5 fully saturated rings. The molecule has 3 unspecified atom stereocenters. The van der Waals surface area contributed by atoms with Crippen LogP contribution in [0.1, 0.15) is 72.5 Å². The fourth-order valence-corrected chi connectivity index (χ4v) is 6.73. The van der Waals surface area contributed by atoms with Gasteiger partial charge in [-0.15, -0.1) is 0 Å². The van der Waals surface area contributed by atoms with Gasteiger partial charge in [-0.3, -0.25) is 14.0 Å². The molecule has 1 aliphatic heterocycles. The number of piperazine rings is 1. The van der Waals surface area contributed by atoms with E-state index in [1.807, 2.05) is 4.90 Å². The third-order valence-electron chi connectivity index (χ3n) is 8.68. The number of imidazole rings is 1. The Balaban J connectivity index is 1.21. The molecule has 3 heterocycles. The zero-order valence-corrected chi connectivity index (χ0v) is 19.9. The lowest BCUT2D eigenvalue weighted by Crippen LogP contribution is -2.61. The first-order valence-corrected chi connectivity index (χ1v) is 13.0. The van der Waals surface area contributed by atoms with Crippen LogP contribution < -0.4 is 0 Å². The summed E-state index contributed by atoms with van der Waals surface area (Å²) >= 11 is 6.48. The SMILES string of the molecule is O=C(c1nc2c(C(F)(F)F)cc(C3CC3)cn2c1Cl)N1CC(=O)N(C2CC3CC3C2)C(C2CC2)C1. The van der Waals surface area contributed by atoms with Crippen molar-refractivity contribution in [3.8, 4) is 0 Å². The fourth-order valence-electron chi connectivity index (χ4n) is 6.48. The summed E-state index contributed by atoms with van der Waals surface area (Å²) in [5.74, 6) is 1.29. The molecule has 2 aromatic rings. The van der Waals surface area contributed by atoms with Crippen molar-refractivity contribution in [2.24, 2.45) is 17.8 Å². The Bertz CT molecular complexity index is 1240. The summed E-state index contributed by atoms with van der Waals surface area (Å²) < 4.78 is 42.8. The number of rotatable bonds is 4. The van der Waals surface area contributed by atoms with Gasteiger partial charge in [-0.2, -0.15) is 13.2 Å². The number of amides is 2. The molecule has 35 heavy (non-hydrogen) atoms. The average Bonchev–Trinajstić information content (AvgIpc) is 3.71. The lowest BCUT2D eigenvalue weighted by atomic mass is 10.0. The van der Waals surface area contributed by atoms with E-state index in [1.165, 1.54) is 15.7 Å². The van der Waals surface area contributed by atoms with Gasteiger partial charge in [-0.25, -0.2) is 4.98 Å². The molecule has 10 heteroatoms. The van der Waals surface area contributed by atoms with E-state index >= 15 is 0 Å². The summed E-state index contributed by atoms with van der Waals surface area (Å²) in [6.07, 6.45) is 4.04. The van der Waals surface area contributed by atoms with Gasteiger partial charge in [-0.05, 0) is 80.2 Å². The maximum absolute atomic E-state index is 13.9. The summed E-state index contributed by atoms with van der Waals surface area (Å²) in [5, 5.41) is -0.133. The fraction of sp³-hybridized carbons (Fsp3) is 0.640. The van der Waals surface area contributed by atoms with Crippen molar-refractivity contribution in [3.63, 3.8) is 0 Å². The number of halogens is 4. The molecule has 2 amide bonds. The maximum Gasteiger partial charge on any atom is 0.419 e. The van der Waals surface area contributed by atoms with E-state index in [4.69, 9.17) is 11.6 Å². The number of fused-ring (bicyclic) bond motifs is 2. The van der Waals surface area contributed by atoms with Crippen molar-refractivity contribution in [2.45, 2.75) is 69.1 Å². The van der Waals surface area contributed by atoms with Crippen LogP contribution in [0.4, 0.5) is 13.2 Å². The van der Waals surface area contributed by atoms with Gasteiger partial charge in [0.25, 0.3) is 5.91 Å². The molecule has 0 spiro atoms. The first kappa shape index (κ1) is 21.9. The van der Waals surface area contributed by atoms with Crippen LogP contribution in [-0.4, -0.2) is 56.2 Å². The second kappa shape index (κ2) is 7.37. The standard InChI is InChI=1S/C25H26ClF3N4O2/c26-22-21(30-23-18(25(27,28)29)8-16(9-32(22)23)12-1-2-12)24(35)31-10-19(13-3-4-13)33(20(34)11-31)17-6-14-5-15(14)7-17/h8-9,12-15,17,19H,1-7,10-11H2. The highest BCUT2D eigenvalue weighted by Gasteiger charge is 2.53. The van der Waals surface area contributed by atoms with E-state index in [1.54, 1.807) is 6.20 Å². The highest BCUT2D eigenvalue weighted by molar-refractivity contribution is 6.33. The van der Waals surface area contributed by atoms with Crippen LogP contribution in [0.15, 0.2) is 12.3 Å². The van der Waals surface area contributed by atoms with E-state index in [9.17, 15) is 22.8 Å². The molecule has 0 N–H and O–H groups in total. The molecule has 0 bridgehead atoms. The summed E-state index contributed by atoms with van der Waals surface area (Å²) in [6.45, 7) is 0.294. The lowest BCUT2D eigenvalue weighted by Gasteiger charge is -2.44. The number of hydrogen-bond acceptors (Lipinski definition) is 3. The Morgan fingerprint density at radius 2 is 1.77 bits per heavy atom. The second-order valence-electron chi connectivity index (χ2n) is 11.2. The molecule has 0 radical (unpaired) electrons. The predicted octanol–water partition coefficient (Wildman–Crippen LogP) is 4.75. The van der Waals surface area contributed by atoms with Crippen LogP contribution in [0, 0.1) is 17.8 Å².